The molecule has 8 heteroatoms. The first-order chi connectivity index (χ1) is 10.9. The van der Waals surface area contributed by atoms with Crippen molar-refractivity contribution in [3.05, 3.63) is 29.8 Å². The summed E-state index contributed by atoms with van der Waals surface area (Å²) < 4.78 is 26.8. The molecule has 1 aliphatic rings. The zero-order chi connectivity index (χ0) is 16.9. The highest BCUT2D eigenvalue weighted by Crippen LogP contribution is 2.17. The largest absolute Gasteiger partial charge is 0.356 e. The van der Waals surface area contributed by atoms with Gasteiger partial charge in [0.2, 0.25) is 15.9 Å². The van der Waals surface area contributed by atoms with Crippen LogP contribution in [0, 0.1) is 5.92 Å². The Labute approximate surface area is 150 Å². The Hall–Kier alpha value is -1.15. The Bertz CT molecular complexity index is 628. The zero-order valence-electron chi connectivity index (χ0n) is 14.0. The van der Waals surface area contributed by atoms with Crippen molar-refractivity contribution in [2.24, 2.45) is 5.92 Å². The van der Waals surface area contributed by atoms with Crippen LogP contribution >= 0.6 is 12.4 Å². The summed E-state index contributed by atoms with van der Waals surface area (Å²) >= 11 is 0. The molecule has 1 fully saturated rings. The Morgan fingerprint density at radius 1 is 1.25 bits per heavy atom. The number of sulfonamides is 1. The van der Waals surface area contributed by atoms with Gasteiger partial charge in [0.15, 0.2) is 0 Å². The van der Waals surface area contributed by atoms with Crippen LogP contribution in [-0.2, 0) is 14.8 Å². The molecule has 6 nitrogen and oxygen atoms in total. The number of carbonyl (C=O) groups excluding carboxylic acids is 1. The van der Waals surface area contributed by atoms with Gasteiger partial charge in [0, 0.05) is 38.5 Å². The summed E-state index contributed by atoms with van der Waals surface area (Å²) in [6.45, 7) is 6.72. The molecule has 0 atom stereocenters. The van der Waals surface area contributed by atoms with Crippen molar-refractivity contribution < 1.29 is 13.2 Å². The van der Waals surface area contributed by atoms with Gasteiger partial charge in [-0.1, -0.05) is 26.0 Å². The second-order valence-electron chi connectivity index (χ2n) is 6.20. The molecule has 1 aliphatic heterocycles. The van der Waals surface area contributed by atoms with Gasteiger partial charge < -0.3 is 10.6 Å². The van der Waals surface area contributed by atoms with Gasteiger partial charge in [-0.3, -0.25) is 4.79 Å². The van der Waals surface area contributed by atoms with Crippen LogP contribution < -0.4 is 15.4 Å². The van der Waals surface area contributed by atoms with Crippen LogP contribution in [-0.4, -0.2) is 40.5 Å². The molecule has 0 spiro atoms. The van der Waals surface area contributed by atoms with Crippen LogP contribution in [0.5, 0.6) is 0 Å². The molecule has 0 unspecified atom stereocenters. The van der Waals surface area contributed by atoms with Crippen LogP contribution in [0.25, 0.3) is 0 Å². The van der Waals surface area contributed by atoms with E-state index in [1.165, 1.54) is 0 Å². The average Bonchev–Trinajstić information content (AvgIpc) is 2.45. The van der Waals surface area contributed by atoms with E-state index in [4.69, 9.17) is 0 Å². The van der Waals surface area contributed by atoms with Gasteiger partial charge in [-0.05, 0) is 23.6 Å². The molecule has 136 valence electrons. The molecule has 1 aromatic carbocycles. The zero-order valence-corrected chi connectivity index (χ0v) is 15.7. The van der Waals surface area contributed by atoms with Crippen LogP contribution in [0.15, 0.2) is 29.2 Å². The normalized spacial score (nSPS) is 14.8. The maximum Gasteiger partial charge on any atom is 0.240 e. The Morgan fingerprint density at radius 3 is 2.38 bits per heavy atom. The smallest absolute Gasteiger partial charge is 0.240 e. The third kappa shape index (κ3) is 6.05. The second kappa shape index (κ2) is 9.36. The molecule has 3 N–H and O–H groups in total. The molecule has 24 heavy (non-hydrogen) atoms. The van der Waals surface area contributed by atoms with E-state index in [2.05, 4.69) is 29.2 Å². The van der Waals surface area contributed by atoms with Crippen molar-refractivity contribution in [3.8, 4) is 0 Å². The third-order valence-electron chi connectivity index (χ3n) is 3.96. The van der Waals surface area contributed by atoms with Gasteiger partial charge in [0.05, 0.1) is 4.90 Å². The fourth-order valence-corrected chi connectivity index (χ4v) is 3.29. The quantitative estimate of drug-likeness (QED) is 0.638. The summed E-state index contributed by atoms with van der Waals surface area (Å²) in [5.41, 5.74) is 1.09. The highest BCUT2D eigenvalue weighted by Gasteiger charge is 2.18. The highest BCUT2D eigenvalue weighted by molar-refractivity contribution is 7.89. The number of amides is 1. The van der Waals surface area contributed by atoms with Crippen molar-refractivity contribution in [3.63, 3.8) is 0 Å². The Morgan fingerprint density at radius 2 is 1.88 bits per heavy atom. The average molecular weight is 376 g/mol. The van der Waals surface area contributed by atoms with Crippen molar-refractivity contribution in [2.45, 2.75) is 31.1 Å². The molecule has 1 aromatic rings. The van der Waals surface area contributed by atoms with Crippen molar-refractivity contribution in [2.75, 3.05) is 26.2 Å². The number of carbonyl (C=O) groups is 1. The lowest BCUT2D eigenvalue weighted by molar-refractivity contribution is -0.121. The van der Waals surface area contributed by atoms with Gasteiger partial charge >= 0.3 is 0 Å². The molecule has 1 saturated heterocycles. The minimum atomic E-state index is -3.56. The van der Waals surface area contributed by atoms with E-state index in [9.17, 15) is 13.2 Å². The predicted molar refractivity (Wildman–Crippen MR) is 97.0 cm³/mol. The lowest BCUT2D eigenvalue weighted by Crippen LogP contribution is -2.48. The van der Waals surface area contributed by atoms with E-state index in [1.807, 2.05) is 12.1 Å². The predicted octanol–water partition coefficient (Wildman–Crippen LogP) is 1.24. The number of halogens is 1. The Kier molecular flexibility index (Phi) is 8.15. The second-order valence-corrected chi connectivity index (χ2v) is 7.97. The van der Waals surface area contributed by atoms with E-state index >= 15 is 0 Å². The summed E-state index contributed by atoms with van der Waals surface area (Å²) in [5.74, 6) is 0.721. The van der Waals surface area contributed by atoms with Crippen molar-refractivity contribution in [1.82, 2.24) is 15.4 Å². The number of benzene rings is 1. The van der Waals surface area contributed by atoms with Crippen LogP contribution in [0.1, 0.15) is 31.7 Å². The lowest BCUT2D eigenvalue weighted by Gasteiger charge is -2.27. The minimum Gasteiger partial charge on any atom is -0.356 e. The molecule has 1 amide bonds. The SMILES string of the molecule is CC(C)c1ccc(S(=O)(=O)NCCC(=O)NCC2CNC2)cc1.Cl. The first kappa shape index (κ1) is 20.9. The molecule has 0 radical (unpaired) electrons. The molecule has 0 aromatic heterocycles. The molecule has 0 aliphatic carbocycles. The maximum atomic E-state index is 12.2. The summed E-state index contributed by atoms with van der Waals surface area (Å²) in [7, 11) is -3.56. The first-order valence-corrected chi connectivity index (χ1v) is 9.44. The standard InChI is InChI=1S/C16H25N3O3S.ClH/c1-12(2)14-3-5-15(6-4-14)23(21,22)19-8-7-16(20)18-11-13-9-17-10-13;/h3-6,12-13,17,19H,7-11H2,1-2H3,(H,18,20);1H. The van der Waals surface area contributed by atoms with E-state index in [1.54, 1.807) is 12.1 Å². The molecule has 1 heterocycles. The molecular weight excluding hydrogens is 350 g/mol. The van der Waals surface area contributed by atoms with Gasteiger partial charge in [-0.15, -0.1) is 12.4 Å². The number of hydrogen-bond acceptors (Lipinski definition) is 4. The fraction of sp³-hybridized carbons (Fsp3) is 0.562. The van der Waals surface area contributed by atoms with E-state index < -0.39 is 10.0 Å². The monoisotopic (exact) mass is 375 g/mol. The van der Waals surface area contributed by atoms with E-state index in [-0.39, 0.29) is 36.2 Å². The summed E-state index contributed by atoms with van der Waals surface area (Å²) in [4.78, 5) is 11.9. The molecule has 0 saturated carbocycles. The molecular formula is C16H26ClN3O3S. The molecule has 0 bridgehead atoms. The molecule has 2 rings (SSSR count). The Balaban J connectivity index is 0.00000288. The first-order valence-electron chi connectivity index (χ1n) is 7.95. The van der Waals surface area contributed by atoms with E-state index in [0.717, 1.165) is 18.7 Å². The topological polar surface area (TPSA) is 87.3 Å². The van der Waals surface area contributed by atoms with Gasteiger partial charge in [-0.2, -0.15) is 0 Å². The lowest BCUT2D eigenvalue weighted by atomic mass is 10.0. The van der Waals surface area contributed by atoms with Gasteiger partial charge in [-0.25, -0.2) is 13.1 Å². The van der Waals surface area contributed by atoms with Gasteiger partial charge in [0.25, 0.3) is 0 Å². The summed E-state index contributed by atoms with van der Waals surface area (Å²) in [6, 6.07) is 6.83. The number of nitrogens with one attached hydrogen (secondary N) is 3. The van der Waals surface area contributed by atoms with Gasteiger partial charge in [0.1, 0.15) is 0 Å². The highest BCUT2D eigenvalue weighted by atomic mass is 35.5. The van der Waals surface area contributed by atoms with E-state index in [0.29, 0.717) is 18.4 Å². The fourth-order valence-electron chi connectivity index (χ4n) is 2.25. The number of hydrogen-bond donors (Lipinski definition) is 3. The summed E-state index contributed by atoms with van der Waals surface area (Å²) in [5, 5.41) is 5.95. The minimum absolute atomic E-state index is 0. The number of rotatable bonds is 8. The summed E-state index contributed by atoms with van der Waals surface area (Å²) in [6.07, 6.45) is 0.142. The van der Waals surface area contributed by atoms with Crippen LogP contribution in [0.4, 0.5) is 0 Å². The maximum absolute atomic E-state index is 12.2. The van der Waals surface area contributed by atoms with Crippen LogP contribution in [0.3, 0.4) is 0 Å². The van der Waals surface area contributed by atoms with Crippen molar-refractivity contribution >= 4 is 28.3 Å². The third-order valence-corrected chi connectivity index (χ3v) is 5.43. The van der Waals surface area contributed by atoms with Crippen LogP contribution in [0.2, 0.25) is 0 Å². The van der Waals surface area contributed by atoms with Crippen molar-refractivity contribution in [1.29, 1.82) is 0 Å².